The third-order valence-electron chi connectivity index (χ3n) is 4.60. The van der Waals surface area contributed by atoms with Crippen molar-refractivity contribution in [1.82, 2.24) is 4.40 Å². The van der Waals surface area contributed by atoms with E-state index in [1.165, 1.54) is 44.7 Å². The standard InChI is InChI=1S/C22H14FN/c23-17-11-9-15(10-12-17)13-19-18-6-2-4-8-21(18)24-20-7-3-1-5-16(20)14-22(19)24/h1-14H/b19-13-. The van der Waals surface area contributed by atoms with Crippen molar-refractivity contribution < 1.29 is 4.39 Å². The van der Waals surface area contributed by atoms with Crippen molar-refractivity contribution in [2.45, 2.75) is 0 Å². The van der Waals surface area contributed by atoms with E-state index in [1.54, 1.807) is 0 Å². The molecule has 0 amide bonds. The van der Waals surface area contributed by atoms with Gasteiger partial charge in [0.25, 0.3) is 0 Å². The van der Waals surface area contributed by atoms with Gasteiger partial charge in [-0.15, -0.1) is 0 Å². The molecule has 0 aliphatic rings. The van der Waals surface area contributed by atoms with Crippen LogP contribution in [0.2, 0.25) is 0 Å². The van der Waals surface area contributed by atoms with Gasteiger partial charge in [0, 0.05) is 16.0 Å². The van der Waals surface area contributed by atoms with E-state index in [4.69, 9.17) is 0 Å². The van der Waals surface area contributed by atoms with Crippen molar-refractivity contribution in [3.05, 3.63) is 95.5 Å². The SMILES string of the molecule is Fc1ccc(/C=c2/c3ccccc3n3c2cc2ccccc23)cc1. The van der Waals surface area contributed by atoms with Gasteiger partial charge in [0.15, 0.2) is 0 Å². The lowest BCUT2D eigenvalue weighted by Crippen LogP contribution is -1.98. The van der Waals surface area contributed by atoms with E-state index in [0.717, 1.165) is 5.56 Å². The molecule has 0 aliphatic heterocycles. The Morgan fingerprint density at radius 1 is 0.708 bits per heavy atom. The Labute approximate surface area is 138 Å². The van der Waals surface area contributed by atoms with Crippen molar-refractivity contribution in [2.24, 2.45) is 0 Å². The minimum absolute atomic E-state index is 0.210. The van der Waals surface area contributed by atoms with E-state index in [2.05, 4.69) is 65.1 Å². The highest BCUT2D eigenvalue weighted by atomic mass is 19.1. The second kappa shape index (κ2) is 4.93. The second-order valence-corrected chi connectivity index (χ2v) is 6.05. The summed E-state index contributed by atoms with van der Waals surface area (Å²) in [5.74, 6) is -0.210. The summed E-state index contributed by atoms with van der Waals surface area (Å²) in [6.45, 7) is 0. The molecule has 0 N–H and O–H groups in total. The third kappa shape index (κ3) is 1.86. The number of fused-ring (bicyclic) bond motifs is 5. The Kier molecular flexibility index (Phi) is 2.74. The maximum atomic E-state index is 13.2. The molecule has 5 rings (SSSR count). The second-order valence-electron chi connectivity index (χ2n) is 6.05. The largest absolute Gasteiger partial charge is 0.309 e. The van der Waals surface area contributed by atoms with Crippen LogP contribution >= 0.6 is 0 Å². The lowest BCUT2D eigenvalue weighted by Gasteiger charge is -1.95. The molecule has 0 fully saturated rings. The Morgan fingerprint density at radius 2 is 1.42 bits per heavy atom. The number of hydrogen-bond acceptors (Lipinski definition) is 0. The Morgan fingerprint density at radius 3 is 2.25 bits per heavy atom. The lowest BCUT2D eigenvalue weighted by atomic mass is 10.1. The summed E-state index contributed by atoms with van der Waals surface area (Å²) < 4.78 is 15.5. The van der Waals surface area contributed by atoms with Crippen LogP contribution in [0.4, 0.5) is 4.39 Å². The predicted molar refractivity (Wildman–Crippen MR) is 97.6 cm³/mol. The fourth-order valence-corrected chi connectivity index (χ4v) is 3.52. The van der Waals surface area contributed by atoms with Gasteiger partial charge >= 0.3 is 0 Å². The van der Waals surface area contributed by atoms with Gasteiger partial charge < -0.3 is 4.40 Å². The molecular formula is C22H14FN. The van der Waals surface area contributed by atoms with Gasteiger partial charge in [0.1, 0.15) is 5.82 Å². The van der Waals surface area contributed by atoms with E-state index in [1.807, 2.05) is 12.1 Å². The highest BCUT2D eigenvalue weighted by molar-refractivity contribution is 5.99. The zero-order valence-electron chi connectivity index (χ0n) is 12.9. The molecule has 0 aliphatic carbocycles. The molecular weight excluding hydrogens is 297 g/mol. The minimum atomic E-state index is -0.210. The van der Waals surface area contributed by atoms with Crippen LogP contribution in [0.3, 0.4) is 0 Å². The zero-order valence-corrected chi connectivity index (χ0v) is 12.9. The summed E-state index contributed by atoms with van der Waals surface area (Å²) in [6.07, 6.45) is 2.13. The molecule has 0 radical (unpaired) electrons. The summed E-state index contributed by atoms with van der Waals surface area (Å²) >= 11 is 0. The van der Waals surface area contributed by atoms with E-state index in [-0.39, 0.29) is 5.82 Å². The molecule has 2 aromatic heterocycles. The first kappa shape index (κ1) is 13.3. The van der Waals surface area contributed by atoms with Crippen LogP contribution in [0.25, 0.3) is 33.4 Å². The van der Waals surface area contributed by atoms with Crippen LogP contribution in [0.15, 0.2) is 78.9 Å². The van der Waals surface area contributed by atoms with Crippen LogP contribution in [0, 0.1) is 5.82 Å². The monoisotopic (exact) mass is 311 g/mol. The zero-order chi connectivity index (χ0) is 16.1. The highest BCUT2D eigenvalue weighted by Gasteiger charge is 2.10. The Hall–Kier alpha value is -3.13. The van der Waals surface area contributed by atoms with Crippen LogP contribution < -0.4 is 5.22 Å². The number of halogens is 1. The first-order valence-corrected chi connectivity index (χ1v) is 7.99. The van der Waals surface area contributed by atoms with Gasteiger partial charge in [0.2, 0.25) is 0 Å². The normalized spacial score (nSPS) is 12.6. The molecule has 0 spiro atoms. The summed E-state index contributed by atoms with van der Waals surface area (Å²) in [5, 5.41) is 3.61. The van der Waals surface area contributed by atoms with E-state index in [9.17, 15) is 4.39 Å². The number of para-hydroxylation sites is 2. The number of nitrogens with zero attached hydrogens (tertiary/aromatic N) is 1. The Bertz CT molecular complexity index is 1250. The number of aromatic nitrogens is 1. The molecule has 0 atom stereocenters. The summed E-state index contributed by atoms with van der Waals surface area (Å²) in [5.41, 5.74) is 4.59. The maximum absolute atomic E-state index is 13.2. The quantitative estimate of drug-likeness (QED) is 0.413. The van der Waals surface area contributed by atoms with E-state index < -0.39 is 0 Å². The minimum Gasteiger partial charge on any atom is -0.309 e. The topological polar surface area (TPSA) is 4.41 Å². The molecule has 0 saturated carbocycles. The van der Waals surface area contributed by atoms with Crippen LogP contribution in [0.1, 0.15) is 5.56 Å². The average molecular weight is 311 g/mol. The van der Waals surface area contributed by atoms with Gasteiger partial charge in [-0.2, -0.15) is 0 Å². The van der Waals surface area contributed by atoms with Crippen molar-refractivity contribution in [3.63, 3.8) is 0 Å². The molecule has 2 heterocycles. The first-order valence-electron chi connectivity index (χ1n) is 7.99. The van der Waals surface area contributed by atoms with Gasteiger partial charge in [-0.3, -0.25) is 0 Å². The number of benzene rings is 3. The van der Waals surface area contributed by atoms with Gasteiger partial charge in [0.05, 0.1) is 16.6 Å². The predicted octanol–water partition coefficient (Wildman–Crippen LogP) is 4.93. The summed E-state index contributed by atoms with van der Waals surface area (Å²) in [7, 11) is 0. The van der Waals surface area contributed by atoms with Crippen molar-refractivity contribution in [1.29, 1.82) is 0 Å². The van der Waals surface area contributed by atoms with Gasteiger partial charge in [-0.25, -0.2) is 4.39 Å². The molecule has 24 heavy (non-hydrogen) atoms. The fourth-order valence-electron chi connectivity index (χ4n) is 3.52. The molecule has 3 aromatic carbocycles. The summed E-state index contributed by atoms with van der Waals surface area (Å²) in [6, 6.07) is 25.7. The molecule has 1 nitrogen and oxygen atoms in total. The molecule has 114 valence electrons. The van der Waals surface area contributed by atoms with Crippen molar-refractivity contribution in [2.75, 3.05) is 0 Å². The average Bonchev–Trinajstić information content (AvgIpc) is 3.13. The number of rotatable bonds is 1. The van der Waals surface area contributed by atoms with E-state index >= 15 is 0 Å². The molecule has 2 heteroatoms. The summed E-state index contributed by atoms with van der Waals surface area (Å²) in [4.78, 5) is 0. The first-order chi connectivity index (χ1) is 11.8. The van der Waals surface area contributed by atoms with Crippen LogP contribution in [-0.2, 0) is 0 Å². The maximum Gasteiger partial charge on any atom is 0.123 e. The molecule has 0 unspecified atom stereocenters. The Balaban J connectivity index is 1.97. The van der Waals surface area contributed by atoms with E-state index in [0.29, 0.717) is 0 Å². The van der Waals surface area contributed by atoms with Crippen LogP contribution in [0.5, 0.6) is 0 Å². The third-order valence-corrected chi connectivity index (χ3v) is 4.60. The fraction of sp³-hybridized carbons (Fsp3) is 0. The van der Waals surface area contributed by atoms with Crippen molar-refractivity contribution >= 4 is 33.4 Å². The molecule has 5 aromatic rings. The van der Waals surface area contributed by atoms with Gasteiger partial charge in [-0.05, 0) is 42.0 Å². The molecule has 0 bridgehead atoms. The molecule has 0 saturated heterocycles. The van der Waals surface area contributed by atoms with Gasteiger partial charge in [-0.1, -0.05) is 48.5 Å². The highest BCUT2D eigenvalue weighted by Crippen LogP contribution is 2.24. The smallest absolute Gasteiger partial charge is 0.123 e. The lowest BCUT2D eigenvalue weighted by molar-refractivity contribution is 0.628. The van der Waals surface area contributed by atoms with Crippen molar-refractivity contribution in [3.8, 4) is 0 Å². The van der Waals surface area contributed by atoms with Crippen LogP contribution in [-0.4, -0.2) is 4.40 Å². The number of hydrogen-bond donors (Lipinski definition) is 0.